The minimum atomic E-state index is 0.838. The van der Waals surface area contributed by atoms with Gasteiger partial charge >= 0.3 is 0 Å². The lowest BCUT2D eigenvalue weighted by molar-refractivity contribution is 0.377. The molecule has 1 atom stereocenters. The smallest absolute Gasteiger partial charge is 0.00771 e. The van der Waals surface area contributed by atoms with Crippen molar-refractivity contribution in [1.29, 1.82) is 0 Å². The second-order valence-electron chi connectivity index (χ2n) is 6.55. The van der Waals surface area contributed by atoms with Crippen LogP contribution in [0.2, 0.25) is 0 Å². The van der Waals surface area contributed by atoms with E-state index in [1.54, 1.807) is 0 Å². The van der Waals surface area contributed by atoms with Crippen LogP contribution in [0, 0.1) is 11.8 Å². The lowest BCUT2D eigenvalue weighted by atomic mass is 9.78. The standard InChI is InChI=1S/C18H37N2/c19-15-9-13-17-11-7-5-3-1-2-4-6-8-12-18(17)14-10-16-20/h17H,1-16,19-20H2. The van der Waals surface area contributed by atoms with Crippen LogP contribution >= 0.6 is 0 Å². The van der Waals surface area contributed by atoms with Gasteiger partial charge in [0.15, 0.2) is 0 Å². The Bertz CT molecular complexity index is 184. The minimum Gasteiger partial charge on any atom is -0.330 e. The highest BCUT2D eigenvalue weighted by Crippen LogP contribution is 2.34. The molecule has 2 nitrogen and oxygen atoms in total. The molecule has 1 radical (unpaired) electrons. The van der Waals surface area contributed by atoms with E-state index < -0.39 is 0 Å². The molecule has 1 aliphatic rings. The maximum absolute atomic E-state index is 5.73. The largest absolute Gasteiger partial charge is 0.330 e. The molecule has 0 spiro atoms. The molecule has 0 saturated heterocycles. The van der Waals surface area contributed by atoms with Gasteiger partial charge < -0.3 is 11.5 Å². The molecule has 1 rings (SSSR count). The second kappa shape index (κ2) is 12.6. The highest BCUT2D eigenvalue weighted by molar-refractivity contribution is 4.96. The van der Waals surface area contributed by atoms with E-state index in [4.69, 9.17) is 11.5 Å². The van der Waals surface area contributed by atoms with E-state index in [0.717, 1.165) is 19.0 Å². The number of hydrogen-bond acceptors (Lipinski definition) is 2. The molecule has 0 aromatic carbocycles. The van der Waals surface area contributed by atoms with E-state index >= 15 is 0 Å². The average Bonchev–Trinajstić information content (AvgIpc) is 2.45. The Balaban J connectivity index is 2.50. The number of nitrogens with two attached hydrogens (primary N) is 2. The van der Waals surface area contributed by atoms with Crippen molar-refractivity contribution in [2.45, 2.75) is 89.9 Å². The monoisotopic (exact) mass is 281 g/mol. The topological polar surface area (TPSA) is 52.0 Å². The summed E-state index contributed by atoms with van der Waals surface area (Å²) >= 11 is 0. The number of rotatable bonds is 6. The Hall–Kier alpha value is -0.0800. The van der Waals surface area contributed by atoms with Crippen LogP contribution in [0.25, 0.3) is 0 Å². The van der Waals surface area contributed by atoms with Crippen LogP contribution in [0.1, 0.15) is 89.9 Å². The normalized spacial score (nSPS) is 24.0. The van der Waals surface area contributed by atoms with E-state index in [1.165, 1.54) is 89.9 Å². The van der Waals surface area contributed by atoms with E-state index in [0.29, 0.717) is 0 Å². The summed E-state index contributed by atoms with van der Waals surface area (Å²) in [5.74, 6) is 2.66. The SMILES string of the molecule is NCCC[C]1CCCCCCCCCCC1CCCN. The maximum atomic E-state index is 5.73. The van der Waals surface area contributed by atoms with E-state index in [1.807, 2.05) is 5.92 Å². The molecule has 0 aromatic rings. The Morgan fingerprint density at radius 3 is 2.00 bits per heavy atom. The molecule has 1 aliphatic carbocycles. The summed E-state index contributed by atoms with van der Waals surface area (Å²) in [6.07, 6.45) is 19.2. The van der Waals surface area contributed by atoms with Crippen molar-refractivity contribution in [1.82, 2.24) is 0 Å². The van der Waals surface area contributed by atoms with Gasteiger partial charge in [0.05, 0.1) is 0 Å². The van der Waals surface area contributed by atoms with Crippen molar-refractivity contribution in [3.05, 3.63) is 5.92 Å². The van der Waals surface area contributed by atoms with Crippen LogP contribution in [0.5, 0.6) is 0 Å². The maximum Gasteiger partial charge on any atom is -0.00771 e. The summed E-state index contributed by atoms with van der Waals surface area (Å²) in [6.45, 7) is 1.69. The third-order valence-electron chi connectivity index (χ3n) is 4.84. The molecular formula is C18H37N2. The molecule has 119 valence electrons. The summed E-state index contributed by atoms with van der Waals surface area (Å²) in [4.78, 5) is 0. The fourth-order valence-corrected chi connectivity index (χ4v) is 3.58. The van der Waals surface area contributed by atoms with Crippen LogP contribution in [-0.2, 0) is 0 Å². The van der Waals surface area contributed by atoms with Gasteiger partial charge in [0.25, 0.3) is 0 Å². The van der Waals surface area contributed by atoms with Crippen LogP contribution in [-0.4, -0.2) is 13.1 Å². The van der Waals surface area contributed by atoms with Gasteiger partial charge in [0.1, 0.15) is 0 Å². The Morgan fingerprint density at radius 2 is 1.35 bits per heavy atom. The summed E-state index contributed by atoms with van der Waals surface area (Å²) in [7, 11) is 0. The summed E-state index contributed by atoms with van der Waals surface area (Å²) in [5.41, 5.74) is 11.5. The predicted molar refractivity (Wildman–Crippen MR) is 89.5 cm³/mol. The van der Waals surface area contributed by atoms with E-state index in [9.17, 15) is 0 Å². The van der Waals surface area contributed by atoms with Gasteiger partial charge in [0.2, 0.25) is 0 Å². The van der Waals surface area contributed by atoms with Crippen molar-refractivity contribution in [2.75, 3.05) is 13.1 Å². The summed E-state index contributed by atoms with van der Waals surface area (Å²) in [6, 6.07) is 0. The minimum absolute atomic E-state index is 0.838. The molecule has 0 amide bonds. The average molecular weight is 282 g/mol. The van der Waals surface area contributed by atoms with Crippen molar-refractivity contribution >= 4 is 0 Å². The summed E-state index contributed by atoms with van der Waals surface area (Å²) in [5, 5.41) is 0. The molecule has 4 N–H and O–H groups in total. The first-order chi connectivity index (χ1) is 9.88. The van der Waals surface area contributed by atoms with Gasteiger partial charge in [-0.1, -0.05) is 51.4 Å². The molecule has 0 aromatic heterocycles. The fraction of sp³-hybridized carbons (Fsp3) is 0.944. The molecule has 20 heavy (non-hydrogen) atoms. The van der Waals surface area contributed by atoms with Gasteiger partial charge in [-0.15, -0.1) is 0 Å². The lowest BCUT2D eigenvalue weighted by Gasteiger charge is -2.27. The lowest BCUT2D eigenvalue weighted by Crippen LogP contribution is -2.17. The van der Waals surface area contributed by atoms with E-state index in [-0.39, 0.29) is 0 Å². The van der Waals surface area contributed by atoms with Crippen LogP contribution < -0.4 is 11.5 Å². The van der Waals surface area contributed by atoms with Gasteiger partial charge in [-0.25, -0.2) is 0 Å². The molecule has 1 saturated carbocycles. The molecule has 0 aliphatic heterocycles. The third kappa shape index (κ3) is 8.26. The number of hydrogen-bond donors (Lipinski definition) is 2. The van der Waals surface area contributed by atoms with Crippen molar-refractivity contribution in [2.24, 2.45) is 17.4 Å². The first-order valence-electron chi connectivity index (χ1n) is 9.13. The quantitative estimate of drug-likeness (QED) is 0.749. The predicted octanol–water partition coefficient (Wildman–Crippen LogP) is 4.57. The van der Waals surface area contributed by atoms with Gasteiger partial charge in [0, 0.05) is 0 Å². The molecule has 0 heterocycles. The molecule has 0 bridgehead atoms. The highest BCUT2D eigenvalue weighted by Gasteiger charge is 2.21. The first-order valence-corrected chi connectivity index (χ1v) is 9.13. The highest BCUT2D eigenvalue weighted by atomic mass is 14.5. The third-order valence-corrected chi connectivity index (χ3v) is 4.84. The Morgan fingerprint density at radius 1 is 0.750 bits per heavy atom. The molecule has 2 heteroatoms. The molecule has 1 fully saturated rings. The van der Waals surface area contributed by atoms with Crippen LogP contribution in [0.3, 0.4) is 0 Å². The zero-order chi connectivity index (χ0) is 14.5. The van der Waals surface area contributed by atoms with Crippen molar-refractivity contribution in [3.8, 4) is 0 Å². The molecule has 1 unspecified atom stereocenters. The van der Waals surface area contributed by atoms with Gasteiger partial charge in [-0.05, 0) is 63.5 Å². The Labute approximate surface area is 127 Å². The van der Waals surface area contributed by atoms with Crippen molar-refractivity contribution < 1.29 is 0 Å². The zero-order valence-corrected chi connectivity index (χ0v) is 13.5. The van der Waals surface area contributed by atoms with Crippen LogP contribution in [0.4, 0.5) is 0 Å². The zero-order valence-electron chi connectivity index (χ0n) is 13.5. The summed E-state index contributed by atoms with van der Waals surface area (Å²) < 4.78 is 0. The van der Waals surface area contributed by atoms with Gasteiger partial charge in [-0.3, -0.25) is 0 Å². The second-order valence-corrected chi connectivity index (χ2v) is 6.55. The van der Waals surface area contributed by atoms with Gasteiger partial charge in [-0.2, -0.15) is 0 Å². The van der Waals surface area contributed by atoms with E-state index in [2.05, 4.69) is 0 Å². The Kier molecular flexibility index (Phi) is 11.4. The molecular weight excluding hydrogens is 244 g/mol. The van der Waals surface area contributed by atoms with Crippen LogP contribution in [0.15, 0.2) is 0 Å². The first kappa shape index (κ1) is 18.0. The van der Waals surface area contributed by atoms with Crippen molar-refractivity contribution in [3.63, 3.8) is 0 Å². The fourth-order valence-electron chi connectivity index (χ4n) is 3.58.